The molecule has 174 valence electrons. The molecule has 0 radical (unpaired) electrons. The van der Waals surface area contributed by atoms with Gasteiger partial charge >= 0.3 is 6.03 Å². The van der Waals surface area contributed by atoms with Gasteiger partial charge in [-0.2, -0.15) is 4.31 Å². The van der Waals surface area contributed by atoms with E-state index in [-0.39, 0.29) is 29.8 Å². The maximum Gasteiger partial charge on any atom is 0.317 e. The molecule has 8 nitrogen and oxygen atoms in total. The van der Waals surface area contributed by atoms with E-state index in [1.54, 1.807) is 29.2 Å². The van der Waals surface area contributed by atoms with E-state index in [1.807, 2.05) is 6.92 Å². The van der Waals surface area contributed by atoms with Gasteiger partial charge in [-0.05, 0) is 61.9 Å². The van der Waals surface area contributed by atoms with Crippen LogP contribution in [0.2, 0.25) is 0 Å². The second-order valence-electron chi connectivity index (χ2n) is 7.18. The first-order chi connectivity index (χ1) is 15.4. The number of benzene rings is 2. The van der Waals surface area contributed by atoms with Gasteiger partial charge in [0.2, 0.25) is 10.0 Å². The first kappa shape index (κ1) is 23.8. The van der Waals surface area contributed by atoms with Crippen LogP contribution in [0.5, 0.6) is 11.5 Å². The van der Waals surface area contributed by atoms with E-state index in [9.17, 15) is 17.6 Å². The van der Waals surface area contributed by atoms with Crippen LogP contribution in [0.1, 0.15) is 13.3 Å². The number of sulfonamides is 1. The number of piperazine rings is 1. The van der Waals surface area contributed by atoms with Crippen molar-refractivity contribution >= 4 is 16.1 Å². The highest BCUT2D eigenvalue weighted by atomic mass is 32.2. The zero-order chi connectivity index (χ0) is 23.0. The van der Waals surface area contributed by atoms with Crippen LogP contribution in [-0.4, -0.2) is 69.6 Å². The molecule has 1 aliphatic heterocycles. The molecular weight excluding hydrogens is 437 g/mol. The summed E-state index contributed by atoms with van der Waals surface area (Å²) in [4.78, 5) is 14.2. The third-order valence-corrected chi connectivity index (χ3v) is 6.89. The van der Waals surface area contributed by atoms with Crippen molar-refractivity contribution in [2.24, 2.45) is 0 Å². The molecule has 1 fully saturated rings. The normalized spacial score (nSPS) is 14.8. The molecule has 2 aromatic carbocycles. The molecule has 1 aliphatic rings. The summed E-state index contributed by atoms with van der Waals surface area (Å²) < 4.78 is 50.8. The summed E-state index contributed by atoms with van der Waals surface area (Å²) in [6, 6.07) is 11.9. The molecule has 0 bridgehead atoms. The quantitative estimate of drug-likeness (QED) is 0.576. The molecule has 32 heavy (non-hydrogen) atoms. The van der Waals surface area contributed by atoms with Crippen molar-refractivity contribution in [3.63, 3.8) is 0 Å². The summed E-state index contributed by atoms with van der Waals surface area (Å²) >= 11 is 0. The Labute approximate surface area is 188 Å². The van der Waals surface area contributed by atoms with Gasteiger partial charge in [-0.25, -0.2) is 17.6 Å². The average Bonchev–Trinajstić information content (AvgIpc) is 2.80. The summed E-state index contributed by atoms with van der Waals surface area (Å²) in [7, 11) is -3.62. The number of ether oxygens (including phenoxy) is 2. The lowest BCUT2D eigenvalue weighted by molar-refractivity contribution is 0.171. The van der Waals surface area contributed by atoms with E-state index in [0.29, 0.717) is 50.8 Å². The first-order valence-electron chi connectivity index (χ1n) is 10.5. The number of amides is 2. The second-order valence-corrected chi connectivity index (χ2v) is 9.12. The van der Waals surface area contributed by atoms with Crippen LogP contribution < -0.4 is 14.8 Å². The molecule has 0 aromatic heterocycles. The number of rotatable bonds is 9. The van der Waals surface area contributed by atoms with Gasteiger partial charge in [0, 0.05) is 32.7 Å². The summed E-state index contributed by atoms with van der Waals surface area (Å²) in [6.45, 7) is 4.28. The van der Waals surface area contributed by atoms with Crippen LogP contribution in [-0.2, 0) is 10.0 Å². The minimum absolute atomic E-state index is 0.208. The number of nitrogens with zero attached hydrogens (tertiary/aromatic N) is 2. The van der Waals surface area contributed by atoms with Crippen LogP contribution in [0.25, 0.3) is 0 Å². The highest BCUT2D eigenvalue weighted by Gasteiger charge is 2.30. The number of halogens is 1. The van der Waals surface area contributed by atoms with Gasteiger partial charge < -0.3 is 19.7 Å². The number of carbonyl (C=O) groups is 1. The van der Waals surface area contributed by atoms with Crippen molar-refractivity contribution in [2.45, 2.75) is 18.2 Å². The zero-order valence-corrected chi connectivity index (χ0v) is 18.8. The maximum atomic E-state index is 12.9. The number of hydrogen-bond donors (Lipinski definition) is 1. The van der Waals surface area contributed by atoms with Gasteiger partial charge in [-0.15, -0.1) is 0 Å². The van der Waals surface area contributed by atoms with Gasteiger partial charge in [0.15, 0.2) is 0 Å². The standard InChI is InChI=1S/C22H28FN3O5S/c1-2-30-19-8-10-21(11-9-19)32(28,29)26-15-13-25(14-16-26)22(27)24-12-3-17-31-20-6-4-18(23)5-7-20/h4-11H,2-3,12-17H2,1H3,(H,24,27). The number of hydrogen-bond acceptors (Lipinski definition) is 5. The number of urea groups is 1. The molecule has 2 aromatic rings. The molecule has 1 heterocycles. The van der Waals surface area contributed by atoms with E-state index < -0.39 is 10.0 Å². The van der Waals surface area contributed by atoms with Crippen LogP contribution in [0, 0.1) is 5.82 Å². The average molecular weight is 466 g/mol. The highest BCUT2D eigenvalue weighted by molar-refractivity contribution is 7.89. The molecule has 0 aliphatic carbocycles. The maximum absolute atomic E-state index is 12.9. The summed E-state index contributed by atoms with van der Waals surface area (Å²) in [5.41, 5.74) is 0. The Morgan fingerprint density at radius 1 is 0.969 bits per heavy atom. The Balaban J connectivity index is 1.39. The Kier molecular flexibility index (Phi) is 8.29. The van der Waals surface area contributed by atoms with E-state index in [4.69, 9.17) is 9.47 Å². The van der Waals surface area contributed by atoms with Crippen molar-refractivity contribution in [3.8, 4) is 11.5 Å². The van der Waals surface area contributed by atoms with Crippen molar-refractivity contribution < 1.29 is 27.1 Å². The Bertz CT molecular complexity index is 976. The minimum atomic E-state index is -3.62. The fourth-order valence-corrected chi connectivity index (χ4v) is 4.68. The predicted octanol–water partition coefficient (Wildman–Crippen LogP) is 2.71. The van der Waals surface area contributed by atoms with Crippen molar-refractivity contribution in [1.29, 1.82) is 0 Å². The van der Waals surface area contributed by atoms with Gasteiger partial charge in [0.25, 0.3) is 0 Å². The Hall–Kier alpha value is -2.85. The lowest BCUT2D eigenvalue weighted by atomic mass is 10.3. The molecule has 10 heteroatoms. The lowest BCUT2D eigenvalue weighted by Crippen LogP contribution is -2.53. The van der Waals surface area contributed by atoms with Gasteiger partial charge in [0.1, 0.15) is 17.3 Å². The van der Waals surface area contributed by atoms with E-state index in [2.05, 4.69) is 5.32 Å². The number of carbonyl (C=O) groups excluding carboxylic acids is 1. The molecule has 2 amide bonds. The predicted molar refractivity (Wildman–Crippen MR) is 118 cm³/mol. The summed E-state index contributed by atoms with van der Waals surface area (Å²) in [6.07, 6.45) is 0.592. The first-order valence-corrected chi connectivity index (χ1v) is 12.0. The van der Waals surface area contributed by atoms with Gasteiger partial charge in [-0.1, -0.05) is 0 Å². The van der Waals surface area contributed by atoms with E-state index in [1.165, 1.54) is 28.6 Å². The molecule has 0 atom stereocenters. The topological polar surface area (TPSA) is 88.2 Å². The van der Waals surface area contributed by atoms with Crippen molar-refractivity contribution in [1.82, 2.24) is 14.5 Å². The smallest absolute Gasteiger partial charge is 0.317 e. The lowest BCUT2D eigenvalue weighted by Gasteiger charge is -2.34. The SMILES string of the molecule is CCOc1ccc(S(=O)(=O)N2CCN(C(=O)NCCCOc3ccc(F)cc3)CC2)cc1. The van der Waals surface area contributed by atoms with E-state index in [0.717, 1.165) is 0 Å². The van der Waals surface area contributed by atoms with Crippen molar-refractivity contribution in [2.75, 3.05) is 45.9 Å². The molecular formula is C22H28FN3O5S. The summed E-state index contributed by atoms with van der Waals surface area (Å²) in [5.74, 6) is 0.871. The third kappa shape index (κ3) is 6.33. The van der Waals surface area contributed by atoms with Crippen LogP contribution in [0.4, 0.5) is 9.18 Å². The second kappa shape index (κ2) is 11.1. The minimum Gasteiger partial charge on any atom is -0.494 e. The zero-order valence-electron chi connectivity index (χ0n) is 18.0. The van der Waals surface area contributed by atoms with Crippen molar-refractivity contribution in [3.05, 3.63) is 54.3 Å². The third-order valence-electron chi connectivity index (χ3n) is 4.98. The summed E-state index contributed by atoms with van der Waals surface area (Å²) in [5, 5.41) is 2.82. The molecule has 3 rings (SSSR count). The highest BCUT2D eigenvalue weighted by Crippen LogP contribution is 2.21. The van der Waals surface area contributed by atoms with Gasteiger partial charge in [0.05, 0.1) is 18.1 Å². The molecule has 0 spiro atoms. The molecule has 0 saturated carbocycles. The Morgan fingerprint density at radius 2 is 1.56 bits per heavy atom. The molecule has 0 unspecified atom stereocenters. The molecule has 1 N–H and O–H groups in total. The fraction of sp³-hybridized carbons (Fsp3) is 0.409. The Morgan fingerprint density at radius 3 is 2.19 bits per heavy atom. The van der Waals surface area contributed by atoms with E-state index >= 15 is 0 Å². The monoisotopic (exact) mass is 465 g/mol. The van der Waals surface area contributed by atoms with Gasteiger partial charge in [-0.3, -0.25) is 0 Å². The van der Waals surface area contributed by atoms with Crippen LogP contribution in [0.15, 0.2) is 53.4 Å². The number of nitrogens with one attached hydrogen (secondary N) is 1. The largest absolute Gasteiger partial charge is 0.494 e. The van der Waals surface area contributed by atoms with Crippen LogP contribution in [0.3, 0.4) is 0 Å². The fourth-order valence-electron chi connectivity index (χ4n) is 3.26. The van der Waals surface area contributed by atoms with Crippen LogP contribution >= 0.6 is 0 Å². The molecule has 1 saturated heterocycles.